The number of aliphatic hydroxyl groups excluding tert-OH is 1. The van der Waals surface area contributed by atoms with Gasteiger partial charge < -0.3 is 20.3 Å². The molecule has 5 heteroatoms. The molecular weight excluding hydrogens is 294 g/mol. The van der Waals surface area contributed by atoms with Crippen LogP contribution in [0.2, 0.25) is 0 Å². The van der Waals surface area contributed by atoms with Gasteiger partial charge in [-0.25, -0.2) is 0 Å². The molecule has 1 aromatic rings. The van der Waals surface area contributed by atoms with Gasteiger partial charge in [0, 0.05) is 13.0 Å². The molecule has 1 atom stereocenters. The Morgan fingerprint density at radius 2 is 2.22 bits per heavy atom. The molecule has 0 saturated carbocycles. The SMILES string of the molecule is COc1cc(CCC(=O)NCCC2C=CC(O)=CC2)ccc1O. The van der Waals surface area contributed by atoms with Crippen molar-refractivity contribution < 1.29 is 19.7 Å². The molecule has 23 heavy (non-hydrogen) atoms. The Bertz CT molecular complexity index is 607. The predicted octanol–water partition coefficient (Wildman–Crippen LogP) is 2.86. The van der Waals surface area contributed by atoms with Crippen LogP contribution in [0.4, 0.5) is 0 Å². The number of carbonyl (C=O) groups excluding carboxylic acids is 1. The standard InChI is InChI=1S/C18H23NO4/c1-23-17-12-14(4-8-16(17)21)5-9-18(22)19-11-10-13-2-6-15(20)7-3-13/h2,4,6-8,12-13,20-21H,3,5,9-11H2,1H3,(H,19,22). The zero-order valence-corrected chi connectivity index (χ0v) is 13.3. The van der Waals surface area contributed by atoms with Crippen molar-refractivity contribution in [2.24, 2.45) is 5.92 Å². The molecule has 0 bridgehead atoms. The van der Waals surface area contributed by atoms with Gasteiger partial charge in [-0.15, -0.1) is 0 Å². The van der Waals surface area contributed by atoms with Crippen molar-refractivity contribution in [3.8, 4) is 11.5 Å². The summed E-state index contributed by atoms with van der Waals surface area (Å²) in [4.78, 5) is 11.9. The van der Waals surface area contributed by atoms with E-state index in [4.69, 9.17) is 4.74 Å². The lowest BCUT2D eigenvalue weighted by molar-refractivity contribution is -0.121. The summed E-state index contributed by atoms with van der Waals surface area (Å²) in [6.45, 7) is 0.626. The van der Waals surface area contributed by atoms with Gasteiger partial charge in [-0.05, 0) is 55.0 Å². The summed E-state index contributed by atoms with van der Waals surface area (Å²) < 4.78 is 5.05. The van der Waals surface area contributed by atoms with Crippen LogP contribution < -0.4 is 10.1 Å². The number of aromatic hydroxyl groups is 1. The highest BCUT2D eigenvalue weighted by atomic mass is 16.5. The smallest absolute Gasteiger partial charge is 0.220 e. The maximum atomic E-state index is 11.9. The summed E-state index contributed by atoms with van der Waals surface area (Å²) in [6, 6.07) is 5.11. The summed E-state index contributed by atoms with van der Waals surface area (Å²) in [5.41, 5.74) is 0.950. The second kappa shape index (κ2) is 8.27. The molecule has 0 saturated heterocycles. The lowest BCUT2D eigenvalue weighted by atomic mass is 9.97. The summed E-state index contributed by atoms with van der Waals surface area (Å²) in [5.74, 6) is 1.21. The summed E-state index contributed by atoms with van der Waals surface area (Å²) in [5, 5.41) is 21.7. The van der Waals surface area contributed by atoms with E-state index < -0.39 is 0 Å². The number of rotatable bonds is 7. The maximum Gasteiger partial charge on any atom is 0.220 e. The fourth-order valence-corrected chi connectivity index (χ4v) is 2.49. The van der Waals surface area contributed by atoms with E-state index in [2.05, 4.69) is 5.32 Å². The molecule has 0 radical (unpaired) electrons. The molecule has 124 valence electrons. The third kappa shape index (κ3) is 5.36. The van der Waals surface area contributed by atoms with Crippen LogP contribution in [0.5, 0.6) is 11.5 Å². The van der Waals surface area contributed by atoms with Crippen LogP contribution >= 0.6 is 0 Å². The zero-order chi connectivity index (χ0) is 16.7. The second-order valence-electron chi connectivity index (χ2n) is 5.63. The van der Waals surface area contributed by atoms with E-state index in [0.717, 1.165) is 18.4 Å². The molecule has 0 aromatic heterocycles. The van der Waals surface area contributed by atoms with Crippen molar-refractivity contribution in [2.75, 3.05) is 13.7 Å². The van der Waals surface area contributed by atoms with Crippen molar-refractivity contribution in [1.82, 2.24) is 5.32 Å². The van der Waals surface area contributed by atoms with Crippen LogP contribution in [0.3, 0.4) is 0 Å². The van der Waals surface area contributed by atoms with E-state index in [-0.39, 0.29) is 11.7 Å². The van der Waals surface area contributed by atoms with Gasteiger partial charge in [-0.1, -0.05) is 12.1 Å². The zero-order valence-electron chi connectivity index (χ0n) is 13.3. The Labute approximate surface area is 136 Å². The predicted molar refractivity (Wildman–Crippen MR) is 88.6 cm³/mol. The average molecular weight is 317 g/mol. The monoisotopic (exact) mass is 317 g/mol. The number of phenolic OH excluding ortho intramolecular Hbond substituents is 1. The Morgan fingerprint density at radius 3 is 2.91 bits per heavy atom. The highest BCUT2D eigenvalue weighted by molar-refractivity contribution is 5.76. The number of hydrogen-bond donors (Lipinski definition) is 3. The normalized spacial score (nSPS) is 16.7. The van der Waals surface area contributed by atoms with Crippen molar-refractivity contribution in [2.45, 2.75) is 25.7 Å². The van der Waals surface area contributed by atoms with Gasteiger partial charge in [0.2, 0.25) is 5.91 Å². The molecule has 5 nitrogen and oxygen atoms in total. The number of hydrogen-bond acceptors (Lipinski definition) is 4. The molecule has 1 unspecified atom stereocenters. The van der Waals surface area contributed by atoms with Crippen molar-refractivity contribution in [3.63, 3.8) is 0 Å². The number of amides is 1. The first kappa shape index (κ1) is 16.9. The molecule has 1 aromatic carbocycles. The van der Waals surface area contributed by atoms with E-state index in [0.29, 0.717) is 36.8 Å². The Kier molecular flexibility index (Phi) is 6.09. The van der Waals surface area contributed by atoms with Gasteiger partial charge in [0.1, 0.15) is 5.76 Å². The minimum atomic E-state index is 0.00946. The van der Waals surface area contributed by atoms with E-state index in [1.165, 1.54) is 7.11 Å². The number of nitrogens with one attached hydrogen (secondary N) is 1. The summed E-state index contributed by atoms with van der Waals surface area (Å²) >= 11 is 0. The van der Waals surface area contributed by atoms with Gasteiger partial charge in [0.05, 0.1) is 7.11 Å². The number of ether oxygens (including phenoxy) is 1. The number of aryl methyl sites for hydroxylation is 1. The van der Waals surface area contributed by atoms with E-state index >= 15 is 0 Å². The number of aliphatic hydroxyl groups is 1. The maximum absolute atomic E-state index is 11.9. The topological polar surface area (TPSA) is 78.8 Å². The highest BCUT2D eigenvalue weighted by Gasteiger charge is 2.09. The molecular formula is C18H23NO4. The largest absolute Gasteiger partial charge is 0.508 e. The third-order valence-corrected chi connectivity index (χ3v) is 3.89. The Hall–Kier alpha value is -2.43. The third-order valence-electron chi connectivity index (χ3n) is 3.89. The first-order valence-electron chi connectivity index (χ1n) is 7.78. The number of allylic oxidation sites excluding steroid dienone is 3. The Morgan fingerprint density at radius 1 is 1.39 bits per heavy atom. The summed E-state index contributed by atoms with van der Waals surface area (Å²) in [6.07, 6.45) is 8.14. The van der Waals surface area contributed by atoms with Crippen molar-refractivity contribution in [3.05, 3.63) is 47.7 Å². The van der Waals surface area contributed by atoms with Gasteiger partial charge in [-0.3, -0.25) is 4.79 Å². The molecule has 1 amide bonds. The van der Waals surface area contributed by atoms with Gasteiger partial charge in [0.15, 0.2) is 11.5 Å². The minimum Gasteiger partial charge on any atom is -0.508 e. The lowest BCUT2D eigenvalue weighted by Gasteiger charge is -2.14. The van der Waals surface area contributed by atoms with Gasteiger partial charge >= 0.3 is 0 Å². The van der Waals surface area contributed by atoms with Crippen LogP contribution in [-0.4, -0.2) is 29.8 Å². The molecule has 1 aliphatic rings. The number of methoxy groups -OCH3 is 1. The van der Waals surface area contributed by atoms with Crippen molar-refractivity contribution >= 4 is 5.91 Å². The number of benzene rings is 1. The van der Waals surface area contributed by atoms with Crippen LogP contribution in [0, 0.1) is 5.92 Å². The molecule has 3 N–H and O–H groups in total. The molecule has 0 aliphatic heterocycles. The van der Waals surface area contributed by atoms with E-state index in [1.54, 1.807) is 30.4 Å². The van der Waals surface area contributed by atoms with Crippen molar-refractivity contribution in [1.29, 1.82) is 0 Å². The van der Waals surface area contributed by atoms with E-state index in [9.17, 15) is 15.0 Å². The van der Waals surface area contributed by atoms with E-state index in [1.807, 2.05) is 6.08 Å². The first-order valence-corrected chi connectivity index (χ1v) is 7.78. The van der Waals surface area contributed by atoms with Crippen LogP contribution in [-0.2, 0) is 11.2 Å². The van der Waals surface area contributed by atoms with Gasteiger partial charge in [-0.2, -0.15) is 0 Å². The van der Waals surface area contributed by atoms with Gasteiger partial charge in [0.25, 0.3) is 0 Å². The molecule has 0 heterocycles. The fourth-order valence-electron chi connectivity index (χ4n) is 2.49. The quantitative estimate of drug-likeness (QED) is 0.722. The fraction of sp³-hybridized carbons (Fsp3) is 0.389. The van der Waals surface area contributed by atoms with Crippen LogP contribution in [0.1, 0.15) is 24.8 Å². The van der Waals surface area contributed by atoms with Crippen LogP contribution in [0.25, 0.3) is 0 Å². The Balaban J connectivity index is 1.68. The number of phenols is 1. The molecule has 0 spiro atoms. The highest BCUT2D eigenvalue weighted by Crippen LogP contribution is 2.26. The average Bonchev–Trinajstić information content (AvgIpc) is 2.56. The first-order chi connectivity index (χ1) is 11.1. The van der Waals surface area contributed by atoms with Crippen LogP contribution in [0.15, 0.2) is 42.2 Å². The second-order valence-corrected chi connectivity index (χ2v) is 5.63. The molecule has 2 rings (SSSR count). The number of carbonyl (C=O) groups is 1. The minimum absolute atomic E-state index is 0.00946. The lowest BCUT2D eigenvalue weighted by Crippen LogP contribution is -2.26. The molecule has 1 aliphatic carbocycles. The summed E-state index contributed by atoms with van der Waals surface area (Å²) in [7, 11) is 1.50. The molecule has 0 fully saturated rings.